The van der Waals surface area contributed by atoms with Gasteiger partial charge in [-0.05, 0) is 31.0 Å². The number of aryl methyl sites for hydroxylation is 1. The Morgan fingerprint density at radius 3 is 2.61 bits per heavy atom. The van der Waals surface area contributed by atoms with Gasteiger partial charge in [-0.25, -0.2) is 4.98 Å². The van der Waals surface area contributed by atoms with E-state index in [9.17, 15) is 4.79 Å². The van der Waals surface area contributed by atoms with E-state index in [0.29, 0.717) is 31.1 Å². The van der Waals surface area contributed by atoms with Gasteiger partial charge in [-0.15, -0.1) is 35.3 Å². The number of aromatic nitrogens is 1. The quantitative estimate of drug-likeness (QED) is 0.309. The number of nitrogens with zero attached hydrogens (tertiary/aromatic N) is 4. The summed E-state index contributed by atoms with van der Waals surface area (Å²) < 4.78 is 0. The number of hydrogen-bond donors (Lipinski definition) is 1. The fourth-order valence-corrected chi connectivity index (χ4v) is 4.42. The lowest BCUT2D eigenvalue weighted by molar-refractivity contribution is -0.131. The molecular formula is C22H31ClIN5OS. The molecule has 9 heteroatoms. The second kappa shape index (κ2) is 13.2. The van der Waals surface area contributed by atoms with Crippen LogP contribution in [0.25, 0.3) is 0 Å². The second-order valence-corrected chi connectivity index (χ2v) is 8.63. The third kappa shape index (κ3) is 7.91. The zero-order chi connectivity index (χ0) is 21.3. The van der Waals surface area contributed by atoms with E-state index in [1.54, 1.807) is 11.3 Å². The maximum Gasteiger partial charge on any atom is 0.227 e. The molecule has 0 radical (unpaired) electrons. The predicted octanol–water partition coefficient (Wildman–Crippen LogP) is 3.87. The molecule has 0 atom stereocenters. The van der Waals surface area contributed by atoms with Gasteiger partial charge in [0.05, 0.1) is 17.1 Å². The summed E-state index contributed by atoms with van der Waals surface area (Å²) in [4.78, 5) is 26.2. The van der Waals surface area contributed by atoms with Crippen molar-refractivity contribution in [3.63, 3.8) is 0 Å². The minimum absolute atomic E-state index is 0. The number of hydrogen-bond acceptors (Lipinski definition) is 4. The summed E-state index contributed by atoms with van der Waals surface area (Å²) in [6.07, 6.45) is 2.22. The number of amides is 1. The molecule has 1 N–H and O–H groups in total. The van der Waals surface area contributed by atoms with Crippen LogP contribution in [-0.4, -0.2) is 65.9 Å². The first-order chi connectivity index (χ1) is 14.6. The van der Waals surface area contributed by atoms with Gasteiger partial charge in [-0.3, -0.25) is 9.79 Å². The molecule has 2 heterocycles. The number of nitrogens with one attached hydrogen (secondary N) is 1. The molecule has 170 valence electrons. The molecule has 1 amide bonds. The first kappa shape index (κ1) is 25.9. The normalized spacial score (nSPS) is 14.4. The van der Waals surface area contributed by atoms with Gasteiger partial charge in [0.1, 0.15) is 0 Å². The molecule has 0 aliphatic carbocycles. The Bertz CT molecular complexity index is 867. The summed E-state index contributed by atoms with van der Waals surface area (Å²) in [6, 6.07) is 7.52. The molecule has 31 heavy (non-hydrogen) atoms. The van der Waals surface area contributed by atoms with Crippen molar-refractivity contribution < 1.29 is 4.79 Å². The van der Waals surface area contributed by atoms with Crippen molar-refractivity contribution in [2.24, 2.45) is 4.99 Å². The van der Waals surface area contributed by atoms with Crippen molar-refractivity contribution in [1.29, 1.82) is 0 Å². The molecule has 1 aromatic carbocycles. The monoisotopic (exact) mass is 575 g/mol. The van der Waals surface area contributed by atoms with Crippen LogP contribution in [0, 0.1) is 0 Å². The predicted molar refractivity (Wildman–Crippen MR) is 140 cm³/mol. The topological polar surface area (TPSA) is 60.8 Å². The molecule has 1 aliphatic rings. The number of carbonyl (C=O) groups is 1. The lowest BCUT2D eigenvalue weighted by atomic mass is 10.1. The summed E-state index contributed by atoms with van der Waals surface area (Å²) in [5, 5.41) is 7.36. The zero-order valence-electron chi connectivity index (χ0n) is 18.1. The average Bonchev–Trinajstić information content (AvgIpc) is 3.21. The van der Waals surface area contributed by atoms with E-state index in [4.69, 9.17) is 16.6 Å². The van der Waals surface area contributed by atoms with Crippen LogP contribution in [0.5, 0.6) is 0 Å². The first-order valence-electron chi connectivity index (χ1n) is 10.6. The molecule has 1 fully saturated rings. The maximum atomic E-state index is 12.6. The first-order valence-corrected chi connectivity index (χ1v) is 11.8. The van der Waals surface area contributed by atoms with E-state index in [-0.39, 0.29) is 29.9 Å². The summed E-state index contributed by atoms with van der Waals surface area (Å²) in [7, 11) is 0. The summed E-state index contributed by atoms with van der Waals surface area (Å²) >= 11 is 7.75. The highest BCUT2D eigenvalue weighted by Gasteiger charge is 2.23. The minimum atomic E-state index is 0. The maximum absolute atomic E-state index is 12.6. The fourth-order valence-electron chi connectivity index (χ4n) is 3.43. The molecule has 0 spiro atoms. The summed E-state index contributed by atoms with van der Waals surface area (Å²) in [5.74, 6) is 1.07. The van der Waals surface area contributed by atoms with Crippen molar-refractivity contribution in [3.8, 4) is 0 Å². The largest absolute Gasteiger partial charge is 0.357 e. The van der Waals surface area contributed by atoms with E-state index in [0.717, 1.165) is 49.7 Å². The molecule has 1 aliphatic heterocycles. The standard InChI is InChI=1S/C22H30ClN5OS.HI/c1-3-20-26-19(16-30-20)8-9-25-22(24-4-2)28-12-10-27(11-13-28)21(29)15-17-6-5-7-18(23)14-17;/h5-7,14,16H,3-4,8-13,15H2,1-2H3,(H,24,25);1H. The molecule has 0 bridgehead atoms. The SMILES string of the molecule is CCNC(=NCCc1csc(CC)n1)N1CCN(C(=O)Cc2cccc(Cl)c2)CC1.I. The Labute approximate surface area is 211 Å². The van der Waals surface area contributed by atoms with E-state index in [1.807, 2.05) is 29.2 Å². The highest BCUT2D eigenvalue weighted by Crippen LogP contribution is 2.13. The Balaban J connectivity index is 0.00000341. The van der Waals surface area contributed by atoms with Gasteiger partial charge < -0.3 is 15.1 Å². The van der Waals surface area contributed by atoms with Crippen molar-refractivity contribution >= 4 is 58.8 Å². The average molecular weight is 576 g/mol. The van der Waals surface area contributed by atoms with E-state index in [1.165, 1.54) is 5.01 Å². The fraction of sp³-hybridized carbons (Fsp3) is 0.500. The highest BCUT2D eigenvalue weighted by atomic mass is 127. The van der Waals surface area contributed by atoms with Gasteiger partial charge in [-0.1, -0.05) is 30.7 Å². The molecule has 2 aromatic rings. The van der Waals surface area contributed by atoms with Crippen LogP contribution in [0.4, 0.5) is 0 Å². The van der Waals surface area contributed by atoms with E-state index >= 15 is 0 Å². The zero-order valence-corrected chi connectivity index (χ0v) is 22.0. The Morgan fingerprint density at radius 2 is 1.97 bits per heavy atom. The third-order valence-corrected chi connectivity index (χ3v) is 6.32. The number of halogens is 2. The summed E-state index contributed by atoms with van der Waals surface area (Å²) in [5.41, 5.74) is 2.07. The van der Waals surface area contributed by atoms with Crippen molar-refractivity contribution in [3.05, 3.63) is 50.9 Å². The smallest absolute Gasteiger partial charge is 0.227 e. The molecule has 3 rings (SSSR count). The van der Waals surface area contributed by atoms with Crippen LogP contribution in [0.3, 0.4) is 0 Å². The number of piperazine rings is 1. The van der Waals surface area contributed by atoms with Crippen molar-refractivity contribution in [2.75, 3.05) is 39.3 Å². The molecule has 0 unspecified atom stereocenters. The van der Waals surface area contributed by atoms with Crippen LogP contribution >= 0.6 is 46.9 Å². The number of carbonyl (C=O) groups excluding carboxylic acids is 1. The second-order valence-electron chi connectivity index (χ2n) is 7.25. The van der Waals surface area contributed by atoms with Gasteiger partial charge in [0.2, 0.25) is 5.91 Å². The Kier molecular flexibility index (Phi) is 11.0. The number of guanidine groups is 1. The number of aliphatic imine (C=N–C) groups is 1. The van der Waals surface area contributed by atoms with Gasteiger partial charge >= 0.3 is 0 Å². The van der Waals surface area contributed by atoms with Gasteiger partial charge in [0.25, 0.3) is 0 Å². The molecule has 1 saturated heterocycles. The number of rotatable bonds is 7. The third-order valence-electron chi connectivity index (χ3n) is 5.04. The van der Waals surface area contributed by atoms with Crippen LogP contribution in [-0.2, 0) is 24.1 Å². The molecule has 0 saturated carbocycles. The molecule has 1 aromatic heterocycles. The van der Waals surface area contributed by atoms with Crippen molar-refractivity contribution in [2.45, 2.75) is 33.1 Å². The Morgan fingerprint density at radius 1 is 1.23 bits per heavy atom. The summed E-state index contributed by atoms with van der Waals surface area (Å²) in [6.45, 7) is 8.71. The number of thiazole rings is 1. The van der Waals surface area contributed by atoms with Crippen molar-refractivity contribution in [1.82, 2.24) is 20.1 Å². The lowest BCUT2D eigenvalue weighted by Gasteiger charge is -2.36. The van der Waals surface area contributed by atoms with Gasteiger partial charge in [0, 0.05) is 56.1 Å². The minimum Gasteiger partial charge on any atom is -0.357 e. The Hall–Kier alpha value is -1.39. The van der Waals surface area contributed by atoms with E-state index < -0.39 is 0 Å². The van der Waals surface area contributed by atoms with Crippen LogP contribution < -0.4 is 5.32 Å². The van der Waals surface area contributed by atoms with Crippen LogP contribution in [0.2, 0.25) is 5.02 Å². The number of benzene rings is 1. The van der Waals surface area contributed by atoms with Gasteiger partial charge in [0.15, 0.2) is 5.96 Å². The van der Waals surface area contributed by atoms with E-state index in [2.05, 4.69) is 34.4 Å². The van der Waals surface area contributed by atoms with Crippen LogP contribution in [0.1, 0.15) is 30.1 Å². The molecule has 6 nitrogen and oxygen atoms in total. The lowest BCUT2D eigenvalue weighted by Crippen LogP contribution is -2.54. The van der Waals surface area contributed by atoms with Gasteiger partial charge in [-0.2, -0.15) is 0 Å². The van der Waals surface area contributed by atoms with Crippen LogP contribution in [0.15, 0.2) is 34.6 Å². The highest BCUT2D eigenvalue weighted by molar-refractivity contribution is 14.0. The molecular weight excluding hydrogens is 545 g/mol.